The Morgan fingerprint density at radius 3 is 2.71 bits per heavy atom. The van der Waals surface area contributed by atoms with E-state index in [1.54, 1.807) is 18.4 Å². The van der Waals surface area contributed by atoms with E-state index in [4.69, 9.17) is 9.47 Å². The van der Waals surface area contributed by atoms with Crippen LogP contribution < -0.4 is 20.1 Å². The molecule has 0 amide bonds. The van der Waals surface area contributed by atoms with Crippen LogP contribution in [-0.4, -0.2) is 30.7 Å². The van der Waals surface area contributed by atoms with Crippen molar-refractivity contribution >= 4 is 41.3 Å². The standard InChI is InChI=1S/C20H28N4O2S.HI/c1-6-25-17-8-15-7-12(2)26-18(15)9-16(17)10-22-20(21-5)23-11-19-13(3)24-14(4)27-19;/h8-9,12H,6-7,10-11H2,1-5H3,(H2,21,22,23);1H. The van der Waals surface area contributed by atoms with Gasteiger partial charge < -0.3 is 20.1 Å². The van der Waals surface area contributed by atoms with Gasteiger partial charge in [-0.25, -0.2) is 4.98 Å². The van der Waals surface area contributed by atoms with E-state index < -0.39 is 0 Å². The molecule has 1 atom stereocenters. The van der Waals surface area contributed by atoms with Crippen molar-refractivity contribution in [1.29, 1.82) is 0 Å². The van der Waals surface area contributed by atoms with Gasteiger partial charge in [-0.15, -0.1) is 35.3 Å². The number of halogens is 1. The quantitative estimate of drug-likeness (QED) is 0.346. The summed E-state index contributed by atoms with van der Waals surface area (Å²) in [5.74, 6) is 2.62. The third-order valence-corrected chi connectivity index (χ3v) is 5.54. The summed E-state index contributed by atoms with van der Waals surface area (Å²) in [7, 11) is 1.77. The molecule has 1 aliphatic rings. The lowest BCUT2D eigenvalue weighted by molar-refractivity contribution is 0.254. The lowest BCUT2D eigenvalue weighted by Crippen LogP contribution is -2.36. The number of nitrogens with one attached hydrogen (secondary N) is 2. The number of hydrogen-bond donors (Lipinski definition) is 2. The number of ether oxygens (including phenoxy) is 2. The van der Waals surface area contributed by atoms with E-state index in [1.807, 2.05) is 20.8 Å². The molecule has 1 aliphatic heterocycles. The van der Waals surface area contributed by atoms with Gasteiger partial charge in [0, 0.05) is 36.0 Å². The van der Waals surface area contributed by atoms with E-state index in [0.717, 1.165) is 40.1 Å². The number of fused-ring (bicyclic) bond motifs is 1. The normalized spacial score (nSPS) is 15.5. The van der Waals surface area contributed by atoms with Crippen LogP contribution in [0, 0.1) is 13.8 Å². The fourth-order valence-corrected chi connectivity index (χ4v) is 4.09. The van der Waals surface area contributed by atoms with Crippen molar-refractivity contribution < 1.29 is 9.47 Å². The Kier molecular flexibility index (Phi) is 8.36. The summed E-state index contributed by atoms with van der Waals surface area (Å²) < 4.78 is 11.7. The second-order valence-electron chi connectivity index (χ2n) is 6.65. The first-order valence-electron chi connectivity index (χ1n) is 9.32. The van der Waals surface area contributed by atoms with Crippen molar-refractivity contribution in [2.75, 3.05) is 13.7 Å². The molecule has 1 aromatic carbocycles. The number of aryl methyl sites for hydroxylation is 2. The van der Waals surface area contributed by atoms with Crippen LogP contribution in [0.15, 0.2) is 17.1 Å². The minimum absolute atomic E-state index is 0. The average molecular weight is 516 g/mol. The summed E-state index contributed by atoms with van der Waals surface area (Å²) in [4.78, 5) is 10.0. The number of aromatic nitrogens is 1. The van der Waals surface area contributed by atoms with Crippen molar-refractivity contribution in [3.8, 4) is 11.5 Å². The minimum Gasteiger partial charge on any atom is -0.494 e. The Hall–Kier alpha value is -1.55. The number of nitrogens with zero attached hydrogens (tertiary/aromatic N) is 2. The first kappa shape index (κ1) is 22.7. The predicted octanol–water partition coefficient (Wildman–Crippen LogP) is 3.97. The highest BCUT2D eigenvalue weighted by Gasteiger charge is 2.22. The maximum absolute atomic E-state index is 5.90. The molecule has 154 valence electrons. The Balaban J connectivity index is 0.00000280. The Bertz CT molecular complexity index is 838. The molecule has 0 saturated carbocycles. The number of guanidine groups is 1. The Morgan fingerprint density at radius 1 is 1.32 bits per heavy atom. The van der Waals surface area contributed by atoms with Crippen molar-refractivity contribution in [2.45, 2.75) is 53.3 Å². The lowest BCUT2D eigenvalue weighted by Gasteiger charge is -2.15. The van der Waals surface area contributed by atoms with Gasteiger partial charge in [-0.1, -0.05) is 0 Å². The molecule has 6 nitrogen and oxygen atoms in total. The third-order valence-electron chi connectivity index (χ3n) is 4.46. The molecule has 2 N–H and O–H groups in total. The van der Waals surface area contributed by atoms with E-state index in [1.165, 1.54) is 10.4 Å². The molecule has 0 fully saturated rings. The predicted molar refractivity (Wildman–Crippen MR) is 125 cm³/mol. The van der Waals surface area contributed by atoms with Crippen molar-refractivity contribution in [3.63, 3.8) is 0 Å². The van der Waals surface area contributed by atoms with Gasteiger partial charge in [-0.3, -0.25) is 4.99 Å². The Labute approximate surface area is 188 Å². The second-order valence-corrected chi connectivity index (χ2v) is 7.94. The molecule has 0 aliphatic carbocycles. The van der Waals surface area contributed by atoms with Gasteiger partial charge in [0.15, 0.2) is 5.96 Å². The molecular formula is C20H29IN4O2S. The first-order chi connectivity index (χ1) is 13.0. The number of hydrogen-bond acceptors (Lipinski definition) is 5. The fraction of sp³-hybridized carbons (Fsp3) is 0.500. The van der Waals surface area contributed by atoms with Crippen molar-refractivity contribution in [1.82, 2.24) is 15.6 Å². The first-order valence-corrected chi connectivity index (χ1v) is 10.1. The monoisotopic (exact) mass is 516 g/mol. The number of thiazole rings is 1. The smallest absolute Gasteiger partial charge is 0.191 e. The molecule has 0 bridgehead atoms. The zero-order valence-electron chi connectivity index (χ0n) is 17.1. The van der Waals surface area contributed by atoms with E-state index in [2.05, 4.69) is 39.7 Å². The molecular weight excluding hydrogens is 487 g/mol. The second kappa shape index (κ2) is 10.3. The summed E-state index contributed by atoms with van der Waals surface area (Å²) >= 11 is 1.71. The minimum atomic E-state index is 0. The van der Waals surface area contributed by atoms with Crippen LogP contribution in [0.25, 0.3) is 0 Å². The van der Waals surface area contributed by atoms with E-state index in [9.17, 15) is 0 Å². The SMILES string of the molecule is CCOc1cc2c(cc1CNC(=NC)NCc1sc(C)nc1C)OC(C)C2.I. The van der Waals surface area contributed by atoms with Gasteiger partial charge in [0.25, 0.3) is 0 Å². The maximum Gasteiger partial charge on any atom is 0.191 e. The zero-order chi connectivity index (χ0) is 19.4. The van der Waals surface area contributed by atoms with Gasteiger partial charge in [0.2, 0.25) is 0 Å². The molecule has 1 unspecified atom stereocenters. The molecule has 0 saturated heterocycles. The molecule has 0 radical (unpaired) electrons. The summed E-state index contributed by atoms with van der Waals surface area (Å²) in [6, 6.07) is 4.19. The summed E-state index contributed by atoms with van der Waals surface area (Å²) in [6.07, 6.45) is 1.15. The maximum atomic E-state index is 5.90. The summed E-state index contributed by atoms with van der Waals surface area (Å²) in [5.41, 5.74) is 3.36. The van der Waals surface area contributed by atoms with Gasteiger partial charge in [0.05, 0.1) is 23.9 Å². The van der Waals surface area contributed by atoms with Gasteiger partial charge in [0.1, 0.15) is 17.6 Å². The van der Waals surface area contributed by atoms with Gasteiger partial charge in [-0.2, -0.15) is 0 Å². The molecule has 2 heterocycles. The van der Waals surface area contributed by atoms with Crippen molar-refractivity contribution in [3.05, 3.63) is 38.8 Å². The molecule has 8 heteroatoms. The fourth-order valence-electron chi connectivity index (χ4n) is 3.21. The van der Waals surface area contributed by atoms with Gasteiger partial charge >= 0.3 is 0 Å². The highest BCUT2D eigenvalue weighted by molar-refractivity contribution is 14.0. The summed E-state index contributed by atoms with van der Waals surface area (Å²) in [6.45, 7) is 10.1. The number of aliphatic imine (C=N–C) groups is 1. The summed E-state index contributed by atoms with van der Waals surface area (Å²) in [5, 5.41) is 7.81. The largest absolute Gasteiger partial charge is 0.494 e. The topological polar surface area (TPSA) is 67.8 Å². The average Bonchev–Trinajstić information content (AvgIpc) is 3.15. The van der Waals surface area contributed by atoms with Crippen molar-refractivity contribution in [2.24, 2.45) is 4.99 Å². The molecule has 3 rings (SSSR count). The molecule has 28 heavy (non-hydrogen) atoms. The highest BCUT2D eigenvalue weighted by Crippen LogP contribution is 2.35. The number of rotatable bonds is 6. The van der Waals surface area contributed by atoms with Gasteiger partial charge in [-0.05, 0) is 39.8 Å². The lowest BCUT2D eigenvalue weighted by atomic mass is 10.1. The van der Waals surface area contributed by atoms with E-state index in [-0.39, 0.29) is 30.1 Å². The van der Waals surface area contributed by atoms with E-state index in [0.29, 0.717) is 19.7 Å². The molecule has 2 aromatic rings. The van der Waals surface area contributed by atoms with Crippen LogP contribution in [0.2, 0.25) is 0 Å². The van der Waals surface area contributed by atoms with Crippen LogP contribution in [0.3, 0.4) is 0 Å². The molecule has 0 spiro atoms. The molecule has 1 aromatic heterocycles. The van der Waals surface area contributed by atoms with Crippen LogP contribution in [0.1, 0.15) is 40.6 Å². The number of benzene rings is 1. The van der Waals surface area contributed by atoms with Crippen LogP contribution >= 0.6 is 35.3 Å². The van der Waals surface area contributed by atoms with Crippen LogP contribution in [-0.2, 0) is 19.5 Å². The van der Waals surface area contributed by atoms with Crippen LogP contribution in [0.5, 0.6) is 11.5 Å². The van der Waals surface area contributed by atoms with E-state index >= 15 is 0 Å². The highest BCUT2D eigenvalue weighted by atomic mass is 127. The van der Waals surface area contributed by atoms with Crippen LogP contribution in [0.4, 0.5) is 0 Å². The zero-order valence-corrected chi connectivity index (χ0v) is 20.2. The Morgan fingerprint density at radius 2 is 2.07 bits per heavy atom. The third kappa shape index (κ3) is 5.50.